The van der Waals surface area contributed by atoms with E-state index in [2.05, 4.69) is 24.5 Å². The quantitative estimate of drug-likeness (QED) is 0.722. The van der Waals surface area contributed by atoms with Crippen LogP contribution in [-0.2, 0) is 9.47 Å². The first-order chi connectivity index (χ1) is 10.3. The van der Waals surface area contributed by atoms with Gasteiger partial charge >= 0.3 is 6.09 Å². The summed E-state index contributed by atoms with van der Waals surface area (Å²) < 4.78 is 11.1. The lowest BCUT2D eigenvalue weighted by molar-refractivity contribution is -0.0463. The number of nitrogens with one attached hydrogen (secondary N) is 2. The van der Waals surface area contributed by atoms with Crippen molar-refractivity contribution in [3.05, 3.63) is 0 Å². The monoisotopic (exact) mass is 314 g/mol. The smallest absolute Gasteiger partial charge is 0.407 e. The van der Waals surface area contributed by atoms with Gasteiger partial charge < -0.3 is 20.1 Å². The Bertz CT molecular complexity index is 341. The Morgan fingerprint density at radius 2 is 2.00 bits per heavy atom. The predicted octanol–water partition coefficient (Wildman–Crippen LogP) is 3.23. The zero-order valence-corrected chi connectivity index (χ0v) is 15.1. The molecule has 1 amide bonds. The van der Waals surface area contributed by atoms with Gasteiger partial charge in [-0.05, 0) is 47.5 Å². The summed E-state index contributed by atoms with van der Waals surface area (Å²) in [4.78, 5) is 11.9. The topological polar surface area (TPSA) is 59.6 Å². The first kappa shape index (κ1) is 19.2. The van der Waals surface area contributed by atoms with Crippen LogP contribution in [0.25, 0.3) is 0 Å². The molecule has 2 N–H and O–H groups in total. The highest BCUT2D eigenvalue weighted by molar-refractivity contribution is 5.68. The second-order valence-electron chi connectivity index (χ2n) is 7.22. The molecule has 5 nitrogen and oxygen atoms in total. The molecular weight excluding hydrogens is 280 g/mol. The summed E-state index contributed by atoms with van der Waals surface area (Å²) in [5.74, 6) is 0. The van der Waals surface area contributed by atoms with Crippen LogP contribution in [-0.4, -0.2) is 42.5 Å². The van der Waals surface area contributed by atoms with Crippen LogP contribution in [0.5, 0.6) is 0 Å². The fourth-order valence-corrected chi connectivity index (χ4v) is 2.75. The SMILES string of the molecule is CCCCC(C)NC1C(NC(=O)OC(C)(C)C)CC1OCC. The van der Waals surface area contributed by atoms with Crippen molar-refractivity contribution in [1.82, 2.24) is 10.6 Å². The molecule has 0 saturated heterocycles. The van der Waals surface area contributed by atoms with Crippen molar-refractivity contribution in [2.75, 3.05) is 6.61 Å². The Balaban J connectivity index is 2.49. The van der Waals surface area contributed by atoms with Crippen LogP contribution in [0.15, 0.2) is 0 Å². The molecule has 0 aromatic heterocycles. The fraction of sp³-hybridized carbons (Fsp3) is 0.941. The standard InChI is InChI=1S/C17H34N2O3/c1-7-9-10-12(3)18-15-13(11-14(15)21-8-2)19-16(20)22-17(4,5)6/h12-15,18H,7-11H2,1-6H3,(H,19,20). The number of rotatable bonds is 8. The van der Waals surface area contributed by atoms with Gasteiger partial charge in [-0.1, -0.05) is 19.8 Å². The minimum atomic E-state index is -0.468. The molecule has 0 heterocycles. The van der Waals surface area contributed by atoms with Crippen LogP contribution >= 0.6 is 0 Å². The number of unbranched alkanes of at least 4 members (excludes halogenated alkanes) is 1. The van der Waals surface area contributed by atoms with E-state index in [4.69, 9.17) is 9.47 Å². The van der Waals surface area contributed by atoms with Gasteiger partial charge in [-0.3, -0.25) is 0 Å². The van der Waals surface area contributed by atoms with Gasteiger partial charge in [-0.2, -0.15) is 0 Å². The van der Waals surface area contributed by atoms with Gasteiger partial charge in [-0.25, -0.2) is 4.79 Å². The molecule has 4 atom stereocenters. The molecule has 1 aliphatic carbocycles. The lowest BCUT2D eigenvalue weighted by Crippen LogP contribution is -2.67. The van der Waals surface area contributed by atoms with Crippen LogP contribution in [0.4, 0.5) is 4.79 Å². The Labute approximate surface area is 135 Å². The molecule has 0 aromatic rings. The average molecular weight is 314 g/mol. The first-order valence-electron chi connectivity index (χ1n) is 8.64. The van der Waals surface area contributed by atoms with Crippen molar-refractivity contribution in [3.63, 3.8) is 0 Å². The van der Waals surface area contributed by atoms with Crippen molar-refractivity contribution in [2.24, 2.45) is 0 Å². The van der Waals surface area contributed by atoms with E-state index in [0.29, 0.717) is 12.6 Å². The number of alkyl carbamates (subject to hydrolysis) is 1. The number of ether oxygens (including phenoxy) is 2. The first-order valence-corrected chi connectivity index (χ1v) is 8.64. The third kappa shape index (κ3) is 6.53. The lowest BCUT2D eigenvalue weighted by atomic mass is 9.82. The van der Waals surface area contributed by atoms with E-state index in [1.165, 1.54) is 12.8 Å². The van der Waals surface area contributed by atoms with Crippen molar-refractivity contribution in [1.29, 1.82) is 0 Å². The number of hydrogen-bond acceptors (Lipinski definition) is 4. The van der Waals surface area contributed by atoms with Crippen LogP contribution < -0.4 is 10.6 Å². The number of hydrogen-bond donors (Lipinski definition) is 2. The van der Waals surface area contributed by atoms with Crippen LogP contribution in [0.1, 0.15) is 67.2 Å². The highest BCUT2D eigenvalue weighted by atomic mass is 16.6. The molecule has 0 aliphatic heterocycles. The maximum atomic E-state index is 11.9. The van der Waals surface area contributed by atoms with E-state index in [1.54, 1.807) is 0 Å². The van der Waals surface area contributed by atoms with E-state index in [0.717, 1.165) is 12.8 Å². The maximum Gasteiger partial charge on any atom is 0.407 e. The largest absolute Gasteiger partial charge is 0.444 e. The molecule has 0 bridgehead atoms. The van der Waals surface area contributed by atoms with Gasteiger partial charge in [-0.15, -0.1) is 0 Å². The van der Waals surface area contributed by atoms with Gasteiger partial charge in [0.15, 0.2) is 0 Å². The molecule has 22 heavy (non-hydrogen) atoms. The summed E-state index contributed by atoms with van der Waals surface area (Å²) in [6, 6.07) is 0.672. The van der Waals surface area contributed by atoms with Crippen molar-refractivity contribution >= 4 is 6.09 Å². The summed E-state index contributed by atoms with van der Waals surface area (Å²) in [6.45, 7) is 12.7. The zero-order valence-electron chi connectivity index (χ0n) is 15.1. The number of amides is 1. The molecule has 5 heteroatoms. The second-order valence-corrected chi connectivity index (χ2v) is 7.22. The Morgan fingerprint density at radius 3 is 2.55 bits per heavy atom. The van der Waals surface area contributed by atoms with Crippen molar-refractivity contribution < 1.29 is 14.3 Å². The molecule has 0 spiro atoms. The summed E-state index contributed by atoms with van der Waals surface area (Å²) in [5.41, 5.74) is -0.468. The van der Waals surface area contributed by atoms with Crippen molar-refractivity contribution in [2.45, 2.75) is 97.1 Å². The Kier molecular flexibility index (Phi) is 7.63. The number of carbonyl (C=O) groups excluding carboxylic acids is 1. The van der Waals surface area contributed by atoms with E-state index < -0.39 is 5.60 Å². The van der Waals surface area contributed by atoms with Gasteiger partial charge in [0.05, 0.1) is 18.2 Å². The minimum Gasteiger partial charge on any atom is -0.444 e. The Hall–Kier alpha value is -0.810. The molecule has 1 saturated carbocycles. The Morgan fingerprint density at radius 1 is 1.32 bits per heavy atom. The van der Waals surface area contributed by atoms with Crippen LogP contribution in [0.3, 0.4) is 0 Å². The molecule has 0 aromatic carbocycles. The zero-order chi connectivity index (χ0) is 16.8. The van der Waals surface area contributed by atoms with Gasteiger partial charge in [0.25, 0.3) is 0 Å². The molecule has 1 aliphatic rings. The number of carbonyl (C=O) groups is 1. The highest BCUT2D eigenvalue weighted by Crippen LogP contribution is 2.26. The molecule has 0 radical (unpaired) electrons. The molecule has 4 unspecified atom stereocenters. The third-order valence-electron chi connectivity index (χ3n) is 3.87. The highest BCUT2D eigenvalue weighted by Gasteiger charge is 2.43. The van der Waals surface area contributed by atoms with Crippen LogP contribution in [0.2, 0.25) is 0 Å². The van der Waals surface area contributed by atoms with Gasteiger partial charge in [0.2, 0.25) is 0 Å². The fourth-order valence-electron chi connectivity index (χ4n) is 2.75. The predicted molar refractivity (Wildman–Crippen MR) is 89.1 cm³/mol. The van der Waals surface area contributed by atoms with E-state index in [1.807, 2.05) is 27.7 Å². The molecule has 130 valence electrons. The summed E-state index contributed by atoms with van der Waals surface area (Å²) in [5, 5.41) is 6.58. The second kappa shape index (κ2) is 8.73. The molecular formula is C17H34N2O3. The summed E-state index contributed by atoms with van der Waals surface area (Å²) in [6.07, 6.45) is 4.22. The normalized spacial score (nSPS) is 26.2. The van der Waals surface area contributed by atoms with Gasteiger partial charge in [0, 0.05) is 12.6 Å². The van der Waals surface area contributed by atoms with Crippen LogP contribution in [0, 0.1) is 0 Å². The van der Waals surface area contributed by atoms with Crippen molar-refractivity contribution in [3.8, 4) is 0 Å². The summed E-state index contributed by atoms with van der Waals surface area (Å²) >= 11 is 0. The van der Waals surface area contributed by atoms with Gasteiger partial charge in [0.1, 0.15) is 5.60 Å². The lowest BCUT2D eigenvalue weighted by Gasteiger charge is -2.46. The summed E-state index contributed by atoms with van der Waals surface area (Å²) in [7, 11) is 0. The third-order valence-corrected chi connectivity index (χ3v) is 3.87. The van der Waals surface area contributed by atoms with E-state index >= 15 is 0 Å². The van der Waals surface area contributed by atoms with E-state index in [-0.39, 0.29) is 24.3 Å². The maximum absolute atomic E-state index is 11.9. The molecule has 1 fully saturated rings. The van der Waals surface area contributed by atoms with E-state index in [9.17, 15) is 4.79 Å². The average Bonchev–Trinajstić information content (AvgIpc) is 2.39. The molecule has 1 rings (SSSR count). The minimum absolute atomic E-state index is 0.0791.